The summed E-state index contributed by atoms with van der Waals surface area (Å²) in [7, 11) is 0. The molecule has 0 aliphatic carbocycles. The molecule has 1 aromatic carbocycles. The van der Waals surface area contributed by atoms with Gasteiger partial charge < -0.3 is 16.0 Å². The number of anilines is 2. The highest BCUT2D eigenvalue weighted by Crippen LogP contribution is 2.36. The number of aromatic nitrogens is 5. The molecule has 4 rings (SSSR count). The summed E-state index contributed by atoms with van der Waals surface area (Å²) in [4.78, 5) is 30.7. The van der Waals surface area contributed by atoms with Gasteiger partial charge in [-0.05, 0) is 31.2 Å². The van der Waals surface area contributed by atoms with Gasteiger partial charge in [-0.3, -0.25) is 10.1 Å². The Morgan fingerprint density at radius 1 is 1.21 bits per heavy atom. The Balaban J connectivity index is 1.66. The molecule has 167 valence electrons. The Kier molecular flexibility index (Phi) is 6.38. The molecule has 0 unspecified atom stereocenters. The number of aromatic amines is 1. The second-order valence-corrected chi connectivity index (χ2v) is 7.87. The summed E-state index contributed by atoms with van der Waals surface area (Å²) in [6.45, 7) is 2.26. The first-order valence-corrected chi connectivity index (χ1v) is 10.5. The van der Waals surface area contributed by atoms with Crippen molar-refractivity contribution in [2.45, 2.75) is 13.3 Å². The SMILES string of the molecule is Cc1nc(-c2c(CCNc3ccc([N+](=O)[O-])c(N)n3)n[c]nc2-c2ccc(Cl)cc2Cl)c[nH]1. The van der Waals surface area contributed by atoms with Crippen molar-refractivity contribution < 1.29 is 4.92 Å². The minimum absolute atomic E-state index is 0.160. The molecule has 0 saturated heterocycles. The predicted octanol–water partition coefficient (Wildman–Crippen LogP) is 4.49. The van der Waals surface area contributed by atoms with Crippen molar-refractivity contribution in [2.24, 2.45) is 0 Å². The van der Waals surface area contributed by atoms with E-state index in [2.05, 4.69) is 36.6 Å². The zero-order valence-corrected chi connectivity index (χ0v) is 18.8. The summed E-state index contributed by atoms with van der Waals surface area (Å²) in [5.74, 6) is 0.989. The number of pyridine rings is 1. The standard InChI is InChI=1S/C21H17Cl2N8O2/c1-11-26-9-16(29-11)19-15(6-7-25-18-5-4-17(31(32)33)21(24)30-18)27-10-28-20(19)13-3-2-12(22)8-14(13)23/h2-5,8-9H,6-7H2,1H3,(H,26,29)(H3,24,25,30). The van der Waals surface area contributed by atoms with Crippen LogP contribution in [-0.2, 0) is 6.42 Å². The maximum absolute atomic E-state index is 10.9. The van der Waals surface area contributed by atoms with Crippen molar-refractivity contribution in [1.29, 1.82) is 0 Å². The van der Waals surface area contributed by atoms with Crippen molar-refractivity contribution in [3.8, 4) is 22.5 Å². The van der Waals surface area contributed by atoms with Crippen LogP contribution in [0.4, 0.5) is 17.3 Å². The molecule has 3 aromatic heterocycles. The van der Waals surface area contributed by atoms with Gasteiger partial charge in [0.2, 0.25) is 5.82 Å². The molecule has 10 nitrogen and oxygen atoms in total. The van der Waals surface area contributed by atoms with Crippen LogP contribution in [0.5, 0.6) is 0 Å². The third kappa shape index (κ3) is 4.86. The first kappa shape index (κ1) is 22.4. The van der Waals surface area contributed by atoms with Gasteiger partial charge in [-0.2, -0.15) is 0 Å². The molecule has 0 atom stereocenters. The maximum Gasteiger partial charge on any atom is 0.311 e. The fraction of sp³-hybridized carbons (Fsp3) is 0.143. The van der Waals surface area contributed by atoms with Crippen LogP contribution >= 0.6 is 23.2 Å². The second-order valence-electron chi connectivity index (χ2n) is 7.02. The van der Waals surface area contributed by atoms with Crippen LogP contribution in [0.2, 0.25) is 10.0 Å². The van der Waals surface area contributed by atoms with Crippen LogP contribution < -0.4 is 11.1 Å². The molecule has 4 N–H and O–H groups in total. The van der Waals surface area contributed by atoms with Crippen molar-refractivity contribution in [2.75, 3.05) is 17.6 Å². The van der Waals surface area contributed by atoms with E-state index in [1.54, 1.807) is 24.4 Å². The lowest BCUT2D eigenvalue weighted by Crippen LogP contribution is -2.10. The van der Waals surface area contributed by atoms with E-state index in [0.29, 0.717) is 57.0 Å². The number of hydrogen-bond acceptors (Lipinski definition) is 8. The number of rotatable bonds is 7. The van der Waals surface area contributed by atoms with E-state index in [-0.39, 0.29) is 11.5 Å². The summed E-state index contributed by atoms with van der Waals surface area (Å²) in [6, 6.07) is 7.97. The van der Waals surface area contributed by atoms with Gasteiger partial charge in [0.15, 0.2) is 6.33 Å². The summed E-state index contributed by atoms with van der Waals surface area (Å²) in [5, 5.41) is 15.0. The molecule has 0 amide bonds. The number of hydrogen-bond donors (Lipinski definition) is 3. The molecular weight excluding hydrogens is 467 g/mol. The van der Waals surface area contributed by atoms with Crippen molar-refractivity contribution >= 4 is 40.5 Å². The molecule has 0 bridgehead atoms. The first-order chi connectivity index (χ1) is 15.8. The largest absolute Gasteiger partial charge is 0.378 e. The Hall–Kier alpha value is -3.76. The second kappa shape index (κ2) is 9.39. The molecule has 0 aliphatic heterocycles. The fourth-order valence-corrected chi connectivity index (χ4v) is 3.78. The number of benzene rings is 1. The summed E-state index contributed by atoms with van der Waals surface area (Å²) in [6.07, 6.45) is 4.93. The molecule has 0 aliphatic rings. The number of aryl methyl sites for hydroxylation is 1. The van der Waals surface area contributed by atoms with Gasteiger partial charge >= 0.3 is 5.69 Å². The van der Waals surface area contributed by atoms with E-state index >= 15 is 0 Å². The molecule has 3 heterocycles. The summed E-state index contributed by atoms with van der Waals surface area (Å²) in [5.41, 5.74) is 8.72. The molecule has 0 fully saturated rings. The molecule has 1 radical (unpaired) electrons. The van der Waals surface area contributed by atoms with Gasteiger partial charge in [0.1, 0.15) is 11.6 Å². The molecular formula is C21H17Cl2N8O2. The van der Waals surface area contributed by atoms with E-state index in [1.807, 2.05) is 6.92 Å². The minimum Gasteiger partial charge on any atom is -0.378 e. The topological polar surface area (TPSA) is 149 Å². The average Bonchev–Trinajstić information content (AvgIpc) is 3.19. The number of nitrogen functional groups attached to an aromatic ring is 1. The molecule has 0 spiro atoms. The zero-order chi connectivity index (χ0) is 23.5. The number of halogens is 2. The average molecular weight is 484 g/mol. The fourth-order valence-electron chi connectivity index (χ4n) is 3.29. The number of nitro groups is 1. The number of nitrogens with two attached hydrogens (primary N) is 1. The van der Waals surface area contributed by atoms with Crippen LogP contribution in [-0.4, -0.2) is 36.4 Å². The van der Waals surface area contributed by atoms with Crippen LogP contribution in [0.3, 0.4) is 0 Å². The molecule has 12 heteroatoms. The Morgan fingerprint density at radius 3 is 2.70 bits per heavy atom. The molecule has 33 heavy (non-hydrogen) atoms. The van der Waals surface area contributed by atoms with Crippen molar-refractivity contribution in [1.82, 2.24) is 24.9 Å². The van der Waals surface area contributed by atoms with Gasteiger partial charge in [-0.15, -0.1) is 0 Å². The number of nitrogens with zero attached hydrogens (tertiary/aromatic N) is 5. The zero-order valence-electron chi connectivity index (χ0n) is 17.3. The maximum atomic E-state index is 10.9. The van der Waals surface area contributed by atoms with Crippen molar-refractivity contribution in [3.63, 3.8) is 0 Å². The Morgan fingerprint density at radius 2 is 2.03 bits per heavy atom. The monoisotopic (exact) mass is 483 g/mol. The highest BCUT2D eigenvalue weighted by Gasteiger charge is 2.20. The van der Waals surface area contributed by atoms with Crippen LogP contribution in [0.1, 0.15) is 11.5 Å². The smallest absolute Gasteiger partial charge is 0.311 e. The van der Waals surface area contributed by atoms with Gasteiger partial charge in [-0.25, -0.2) is 19.9 Å². The van der Waals surface area contributed by atoms with E-state index in [4.69, 9.17) is 28.9 Å². The van der Waals surface area contributed by atoms with Crippen LogP contribution in [0.15, 0.2) is 36.5 Å². The highest BCUT2D eigenvalue weighted by molar-refractivity contribution is 6.36. The third-order valence-electron chi connectivity index (χ3n) is 4.79. The lowest BCUT2D eigenvalue weighted by molar-refractivity contribution is -0.384. The number of H-pyrrole nitrogens is 1. The summed E-state index contributed by atoms with van der Waals surface area (Å²) < 4.78 is 0. The van der Waals surface area contributed by atoms with Gasteiger partial charge in [0, 0.05) is 41.4 Å². The van der Waals surface area contributed by atoms with Crippen LogP contribution in [0.25, 0.3) is 22.5 Å². The first-order valence-electron chi connectivity index (χ1n) is 9.73. The van der Waals surface area contributed by atoms with E-state index in [1.165, 1.54) is 12.1 Å². The minimum atomic E-state index is -0.579. The molecule has 4 aromatic rings. The predicted molar refractivity (Wildman–Crippen MR) is 126 cm³/mol. The lowest BCUT2D eigenvalue weighted by atomic mass is 10.0. The normalized spacial score (nSPS) is 10.9. The van der Waals surface area contributed by atoms with Gasteiger partial charge in [0.05, 0.1) is 27.0 Å². The molecule has 0 saturated carbocycles. The van der Waals surface area contributed by atoms with E-state index in [0.717, 1.165) is 5.82 Å². The quantitative estimate of drug-likeness (QED) is 0.257. The Bertz CT molecular complexity index is 1340. The number of nitrogens with one attached hydrogen (secondary N) is 2. The van der Waals surface area contributed by atoms with Crippen molar-refractivity contribution in [3.05, 3.63) is 74.5 Å². The van der Waals surface area contributed by atoms with Gasteiger partial charge in [0.25, 0.3) is 0 Å². The van der Waals surface area contributed by atoms with Gasteiger partial charge in [-0.1, -0.05) is 23.2 Å². The lowest BCUT2D eigenvalue weighted by Gasteiger charge is -2.13. The summed E-state index contributed by atoms with van der Waals surface area (Å²) >= 11 is 12.5. The Labute approximate surface area is 198 Å². The third-order valence-corrected chi connectivity index (χ3v) is 5.34. The van der Waals surface area contributed by atoms with E-state index < -0.39 is 4.92 Å². The van der Waals surface area contributed by atoms with Crippen LogP contribution in [0, 0.1) is 23.4 Å². The highest BCUT2D eigenvalue weighted by atomic mass is 35.5. The van der Waals surface area contributed by atoms with E-state index in [9.17, 15) is 10.1 Å². The number of imidazole rings is 1.